The molecule has 2 aromatic carbocycles. The summed E-state index contributed by atoms with van der Waals surface area (Å²) in [6, 6.07) is 14.3. The van der Waals surface area contributed by atoms with E-state index < -0.39 is 0 Å². The molecule has 0 fully saturated rings. The van der Waals surface area contributed by atoms with E-state index in [1.807, 2.05) is 12.1 Å². The third-order valence-corrected chi connectivity index (χ3v) is 2.69. The molecule has 19 heavy (non-hydrogen) atoms. The van der Waals surface area contributed by atoms with Crippen LogP contribution in [0.25, 0.3) is 6.08 Å². The van der Waals surface area contributed by atoms with E-state index in [1.165, 1.54) is 6.08 Å². The number of benzene rings is 2. The summed E-state index contributed by atoms with van der Waals surface area (Å²) in [4.78, 5) is 11.7. The van der Waals surface area contributed by atoms with Crippen molar-refractivity contribution in [2.24, 2.45) is 0 Å². The van der Waals surface area contributed by atoms with Crippen LogP contribution in [0.2, 0.25) is 5.02 Å². The minimum absolute atomic E-state index is 0.209. The van der Waals surface area contributed by atoms with E-state index in [1.54, 1.807) is 42.5 Å². The first-order valence-electron chi connectivity index (χ1n) is 5.74. The minimum Gasteiger partial charge on any atom is -0.399 e. The number of nitrogens with one attached hydrogen (secondary N) is 1. The van der Waals surface area contributed by atoms with Crippen LogP contribution in [-0.4, -0.2) is 5.91 Å². The summed E-state index contributed by atoms with van der Waals surface area (Å²) < 4.78 is 0. The summed E-state index contributed by atoms with van der Waals surface area (Å²) >= 11 is 5.83. The highest BCUT2D eigenvalue weighted by Gasteiger charge is 1.98. The largest absolute Gasteiger partial charge is 0.399 e. The summed E-state index contributed by atoms with van der Waals surface area (Å²) in [5.41, 5.74) is 7.86. The second-order valence-electron chi connectivity index (χ2n) is 4.00. The van der Waals surface area contributed by atoms with E-state index in [-0.39, 0.29) is 5.91 Å². The number of anilines is 2. The molecule has 0 saturated carbocycles. The topological polar surface area (TPSA) is 55.1 Å². The Morgan fingerprint density at radius 1 is 1.16 bits per heavy atom. The first kappa shape index (κ1) is 13.2. The smallest absolute Gasteiger partial charge is 0.248 e. The number of rotatable bonds is 3. The number of amides is 1. The van der Waals surface area contributed by atoms with Gasteiger partial charge >= 0.3 is 0 Å². The molecule has 0 aliphatic heterocycles. The fourth-order valence-electron chi connectivity index (χ4n) is 1.53. The van der Waals surface area contributed by atoms with E-state index in [4.69, 9.17) is 17.3 Å². The maximum atomic E-state index is 11.7. The second-order valence-corrected chi connectivity index (χ2v) is 4.44. The van der Waals surface area contributed by atoms with Crippen LogP contribution in [0.4, 0.5) is 11.4 Å². The Labute approximate surface area is 116 Å². The van der Waals surface area contributed by atoms with Crippen molar-refractivity contribution in [3.8, 4) is 0 Å². The number of halogens is 1. The summed E-state index contributed by atoms with van der Waals surface area (Å²) in [6.45, 7) is 0. The molecule has 0 bridgehead atoms. The average Bonchev–Trinajstić information content (AvgIpc) is 2.38. The van der Waals surface area contributed by atoms with Crippen molar-refractivity contribution in [3.05, 3.63) is 65.2 Å². The van der Waals surface area contributed by atoms with E-state index in [9.17, 15) is 4.79 Å². The van der Waals surface area contributed by atoms with Gasteiger partial charge in [0, 0.05) is 22.5 Å². The lowest BCUT2D eigenvalue weighted by Crippen LogP contribution is -2.07. The molecule has 3 N–H and O–H groups in total. The maximum Gasteiger partial charge on any atom is 0.248 e. The van der Waals surface area contributed by atoms with Gasteiger partial charge in [-0.3, -0.25) is 4.79 Å². The number of nitrogens with two attached hydrogens (primary N) is 1. The van der Waals surface area contributed by atoms with Gasteiger partial charge < -0.3 is 11.1 Å². The van der Waals surface area contributed by atoms with Crippen molar-refractivity contribution in [2.75, 3.05) is 11.1 Å². The summed E-state index contributed by atoms with van der Waals surface area (Å²) in [5, 5.41) is 3.31. The summed E-state index contributed by atoms with van der Waals surface area (Å²) in [5.74, 6) is -0.209. The van der Waals surface area contributed by atoms with Crippen molar-refractivity contribution in [1.29, 1.82) is 0 Å². The Morgan fingerprint density at radius 3 is 2.58 bits per heavy atom. The van der Waals surface area contributed by atoms with Gasteiger partial charge in [-0.15, -0.1) is 0 Å². The van der Waals surface area contributed by atoms with Crippen LogP contribution in [-0.2, 0) is 4.79 Å². The zero-order valence-electron chi connectivity index (χ0n) is 10.1. The first-order valence-corrected chi connectivity index (χ1v) is 6.11. The molecule has 1 amide bonds. The summed E-state index contributed by atoms with van der Waals surface area (Å²) in [6.07, 6.45) is 3.19. The van der Waals surface area contributed by atoms with Gasteiger partial charge in [0.05, 0.1) is 0 Å². The molecule has 0 unspecified atom stereocenters. The molecule has 0 aromatic heterocycles. The van der Waals surface area contributed by atoms with Crippen LogP contribution < -0.4 is 11.1 Å². The third kappa shape index (κ3) is 4.16. The molecule has 0 aliphatic rings. The highest BCUT2D eigenvalue weighted by atomic mass is 35.5. The monoisotopic (exact) mass is 272 g/mol. The number of carbonyl (C=O) groups is 1. The fraction of sp³-hybridized carbons (Fsp3) is 0. The van der Waals surface area contributed by atoms with E-state index in [0.29, 0.717) is 16.4 Å². The Kier molecular flexibility index (Phi) is 4.21. The molecule has 0 heterocycles. The van der Waals surface area contributed by atoms with Gasteiger partial charge in [-0.1, -0.05) is 29.8 Å². The number of nitrogen functional groups attached to an aromatic ring is 1. The lowest BCUT2D eigenvalue weighted by molar-refractivity contribution is -0.111. The highest BCUT2D eigenvalue weighted by Crippen LogP contribution is 2.15. The lowest BCUT2D eigenvalue weighted by Gasteiger charge is -2.02. The molecular formula is C15H13ClN2O. The molecule has 3 nitrogen and oxygen atoms in total. The van der Waals surface area contributed by atoms with Crippen LogP contribution in [0, 0.1) is 0 Å². The molecule has 0 radical (unpaired) electrons. The number of carbonyl (C=O) groups excluding carboxylic acids is 1. The van der Waals surface area contributed by atoms with Crippen molar-refractivity contribution < 1.29 is 4.79 Å². The first-order chi connectivity index (χ1) is 9.13. The van der Waals surface area contributed by atoms with Gasteiger partial charge in [0.25, 0.3) is 0 Å². The van der Waals surface area contributed by atoms with E-state index in [0.717, 1.165) is 5.56 Å². The Bertz CT molecular complexity index is 606. The lowest BCUT2D eigenvalue weighted by atomic mass is 10.2. The highest BCUT2D eigenvalue weighted by molar-refractivity contribution is 6.30. The van der Waals surface area contributed by atoms with Crippen LogP contribution in [0.15, 0.2) is 54.6 Å². The van der Waals surface area contributed by atoms with Crippen molar-refractivity contribution in [2.45, 2.75) is 0 Å². The van der Waals surface area contributed by atoms with Gasteiger partial charge in [0.2, 0.25) is 5.91 Å². The maximum absolute atomic E-state index is 11.7. The second kappa shape index (κ2) is 6.07. The molecule has 2 aromatic rings. The summed E-state index contributed by atoms with van der Waals surface area (Å²) in [7, 11) is 0. The molecule has 2 rings (SSSR count). The quantitative estimate of drug-likeness (QED) is 0.663. The minimum atomic E-state index is -0.209. The zero-order valence-corrected chi connectivity index (χ0v) is 10.9. The van der Waals surface area contributed by atoms with Crippen LogP contribution >= 0.6 is 11.6 Å². The van der Waals surface area contributed by atoms with E-state index in [2.05, 4.69) is 5.32 Å². The number of hydrogen-bond donors (Lipinski definition) is 2. The van der Waals surface area contributed by atoms with E-state index >= 15 is 0 Å². The van der Waals surface area contributed by atoms with Gasteiger partial charge in [-0.05, 0) is 42.0 Å². The SMILES string of the molecule is Nc1ccc(/C=C/C(=O)Nc2cccc(Cl)c2)cc1. The molecular weight excluding hydrogens is 260 g/mol. The van der Waals surface area contributed by atoms with Gasteiger partial charge in [-0.25, -0.2) is 0 Å². The Balaban J connectivity index is 1.99. The van der Waals surface area contributed by atoms with Gasteiger partial charge in [-0.2, -0.15) is 0 Å². The van der Waals surface area contributed by atoms with Gasteiger partial charge in [0.1, 0.15) is 0 Å². The predicted molar refractivity (Wildman–Crippen MR) is 80.0 cm³/mol. The van der Waals surface area contributed by atoms with Crippen LogP contribution in [0.1, 0.15) is 5.56 Å². The average molecular weight is 273 g/mol. The third-order valence-electron chi connectivity index (χ3n) is 2.46. The Morgan fingerprint density at radius 2 is 1.89 bits per heavy atom. The van der Waals surface area contributed by atoms with Crippen LogP contribution in [0.3, 0.4) is 0 Å². The molecule has 0 saturated heterocycles. The van der Waals surface area contributed by atoms with Crippen molar-refractivity contribution in [1.82, 2.24) is 0 Å². The zero-order chi connectivity index (χ0) is 13.7. The normalized spacial score (nSPS) is 10.6. The number of hydrogen-bond acceptors (Lipinski definition) is 2. The fourth-order valence-corrected chi connectivity index (χ4v) is 1.72. The Hall–Kier alpha value is -2.26. The van der Waals surface area contributed by atoms with Crippen molar-refractivity contribution in [3.63, 3.8) is 0 Å². The molecule has 0 atom stereocenters. The molecule has 96 valence electrons. The van der Waals surface area contributed by atoms with Crippen molar-refractivity contribution >= 4 is 35.0 Å². The molecule has 0 spiro atoms. The van der Waals surface area contributed by atoms with Gasteiger partial charge in [0.15, 0.2) is 0 Å². The standard InChI is InChI=1S/C15H13ClN2O/c16-12-2-1-3-14(10-12)18-15(19)9-6-11-4-7-13(17)8-5-11/h1-10H,17H2,(H,18,19)/b9-6+. The predicted octanol–water partition coefficient (Wildman–Crippen LogP) is 3.57. The molecule has 4 heteroatoms. The van der Waals surface area contributed by atoms with Crippen LogP contribution in [0.5, 0.6) is 0 Å². The molecule has 0 aliphatic carbocycles.